The molecule has 1 saturated heterocycles. The summed E-state index contributed by atoms with van der Waals surface area (Å²) in [6, 6.07) is 9.01. The first-order valence-corrected chi connectivity index (χ1v) is 8.40. The van der Waals surface area contributed by atoms with Gasteiger partial charge in [-0.15, -0.1) is 6.58 Å². The second-order valence-electron chi connectivity index (χ2n) is 6.43. The fourth-order valence-electron chi connectivity index (χ4n) is 3.89. The molecule has 0 aromatic heterocycles. The van der Waals surface area contributed by atoms with Crippen LogP contribution in [0.5, 0.6) is 0 Å². The van der Waals surface area contributed by atoms with E-state index in [4.69, 9.17) is 4.74 Å². The highest BCUT2D eigenvalue weighted by Gasteiger charge is 2.57. The van der Waals surface area contributed by atoms with E-state index in [1.165, 1.54) is 11.8 Å². The lowest BCUT2D eigenvalue weighted by Gasteiger charge is -2.18. The fraction of sp³-hybridized carbons (Fsp3) is 0.350. The second-order valence-corrected chi connectivity index (χ2v) is 6.43. The summed E-state index contributed by atoms with van der Waals surface area (Å²) in [7, 11) is 0. The summed E-state index contributed by atoms with van der Waals surface area (Å²) in [5, 5.41) is 0. The third-order valence-corrected chi connectivity index (χ3v) is 4.95. The maximum Gasteiger partial charge on any atom is 0.302 e. The van der Waals surface area contributed by atoms with E-state index in [-0.39, 0.29) is 48.1 Å². The highest BCUT2D eigenvalue weighted by molar-refractivity contribution is 6.22. The van der Waals surface area contributed by atoms with Crippen molar-refractivity contribution in [2.45, 2.75) is 13.3 Å². The molecule has 5 heteroatoms. The van der Waals surface area contributed by atoms with E-state index >= 15 is 0 Å². The first kappa shape index (κ1) is 17.1. The van der Waals surface area contributed by atoms with E-state index in [1.807, 2.05) is 24.3 Å². The molecule has 1 aliphatic heterocycles. The van der Waals surface area contributed by atoms with Gasteiger partial charge in [0.15, 0.2) is 0 Å². The number of para-hydroxylation sites is 1. The Kier molecular flexibility index (Phi) is 4.83. The van der Waals surface area contributed by atoms with Gasteiger partial charge in [-0.25, -0.2) is 0 Å². The highest BCUT2D eigenvalue weighted by Crippen LogP contribution is 2.49. The van der Waals surface area contributed by atoms with Gasteiger partial charge in [0.25, 0.3) is 0 Å². The van der Waals surface area contributed by atoms with Crippen LogP contribution in [0.4, 0.5) is 5.69 Å². The molecule has 1 aliphatic carbocycles. The van der Waals surface area contributed by atoms with Gasteiger partial charge in [-0.3, -0.25) is 19.3 Å². The molecule has 0 bridgehead atoms. The van der Waals surface area contributed by atoms with Crippen LogP contribution in [0.25, 0.3) is 0 Å². The lowest BCUT2D eigenvalue weighted by atomic mass is 9.89. The number of carbonyl (C=O) groups excluding carboxylic acids is 3. The van der Waals surface area contributed by atoms with E-state index in [9.17, 15) is 14.4 Å². The summed E-state index contributed by atoms with van der Waals surface area (Å²) in [6.45, 7) is 5.36. The van der Waals surface area contributed by atoms with Crippen molar-refractivity contribution in [1.29, 1.82) is 0 Å². The number of nitrogens with zero attached hydrogens (tertiary/aromatic N) is 1. The Bertz CT molecular complexity index is 724. The number of carbonyl (C=O) groups is 3. The van der Waals surface area contributed by atoms with Crippen molar-refractivity contribution in [1.82, 2.24) is 0 Å². The third-order valence-electron chi connectivity index (χ3n) is 4.95. The number of amides is 2. The third kappa shape index (κ3) is 3.14. The average Bonchev–Trinajstić information content (AvgIpc) is 3.09. The van der Waals surface area contributed by atoms with Crippen molar-refractivity contribution in [3.05, 3.63) is 55.1 Å². The molecule has 3 rings (SSSR count). The largest absolute Gasteiger partial charge is 0.462 e. The van der Waals surface area contributed by atoms with Crippen LogP contribution in [-0.2, 0) is 19.1 Å². The van der Waals surface area contributed by atoms with Gasteiger partial charge >= 0.3 is 5.97 Å². The van der Waals surface area contributed by atoms with Gasteiger partial charge in [0.2, 0.25) is 11.8 Å². The monoisotopic (exact) mass is 339 g/mol. The van der Waals surface area contributed by atoms with Gasteiger partial charge in [0, 0.05) is 6.92 Å². The maximum absolute atomic E-state index is 13.0. The van der Waals surface area contributed by atoms with Crippen molar-refractivity contribution < 1.29 is 19.1 Å². The van der Waals surface area contributed by atoms with Crippen molar-refractivity contribution in [3.8, 4) is 0 Å². The smallest absolute Gasteiger partial charge is 0.302 e. The molecule has 0 unspecified atom stereocenters. The number of fused-ring (bicyclic) bond motifs is 1. The van der Waals surface area contributed by atoms with Gasteiger partial charge in [0.1, 0.15) is 6.61 Å². The molecule has 2 amide bonds. The van der Waals surface area contributed by atoms with Gasteiger partial charge in [-0.1, -0.05) is 36.4 Å². The number of allylic oxidation sites excluding steroid dienone is 2. The molecular weight excluding hydrogens is 318 g/mol. The summed E-state index contributed by atoms with van der Waals surface area (Å²) in [6.07, 6.45) is 6.12. The first-order valence-electron chi connectivity index (χ1n) is 8.40. The Morgan fingerprint density at radius 3 is 2.44 bits per heavy atom. The van der Waals surface area contributed by atoms with Crippen LogP contribution in [-0.4, -0.2) is 24.4 Å². The number of imide groups is 1. The van der Waals surface area contributed by atoms with Crippen molar-refractivity contribution in [2.75, 3.05) is 11.5 Å². The zero-order valence-electron chi connectivity index (χ0n) is 14.1. The van der Waals surface area contributed by atoms with Gasteiger partial charge in [0.05, 0.1) is 17.5 Å². The van der Waals surface area contributed by atoms with Crippen LogP contribution in [0.2, 0.25) is 0 Å². The van der Waals surface area contributed by atoms with Crippen molar-refractivity contribution in [2.24, 2.45) is 23.7 Å². The number of anilines is 1. The minimum absolute atomic E-state index is 0.0291. The highest BCUT2D eigenvalue weighted by atomic mass is 16.5. The lowest BCUT2D eigenvalue weighted by Crippen LogP contribution is -2.33. The molecule has 4 atom stereocenters. The van der Waals surface area contributed by atoms with E-state index < -0.39 is 0 Å². The van der Waals surface area contributed by atoms with Gasteiger partial charge in [-0.05, 0) is 30.4 Å². The van der Waals surface area contributed by atoms with Gasteiger partial charge < -0.3 is 4.74 Å². The predicted molar refractivity (Wildman–Crippen MR) is 93.5 cm³/mol. The zero-order valence-corrected chi connectivity index (χ0v) is 14.1. The second kappa shape index (κ2) is 7.05. The summed E-state index contributed by atoms with van der Waals surface area (Å²) >= 11 is 0. The van der Waals surface area contributed by atoms with Crippen molar-refractivity contribution >= 4 is 23.5 Å². The quantitative estimate of drug-likeness (QED) is 0.470. The van der Waals surface area contributed by atoms with E-state index in [0.29, 0.717) is 12.1 Å². The molecule has 0 N–H and O–H groups in total. The molecule has 0 radical (unpaired) electrons. The minimum atomic E-state index is -0.385. The molecule has 0 spiro atoms. The zero-order chi connectivity index (χ0) is 18.0. The standard InChI is InChI=1S/C20H21NO4/c1-3-14-12-15(8-7-11-25-13(2)22)18-17(14)19(23)21(20(18)24)16-9-5-4-6-10-16/h3-10,14-15,17-18H,1,11-12H2,2H3/b8-7-/t14-,15+,17-,18+/m0/s1. The number of hydrogen-bond acceptors (Lipinski definition) is 4. The van der Waals surface area contributed by atoms with Crippen LogP contribution in [0.3, 0.4) is 0 Å². The summed E-state index contributed by atoms with van der Waals surface area (Å²) in [5.41, 5.74) is 0.609. The molecular formula is C20H21NO4. The van der Waals surface area contributed by atoms with Crippen LogP contribution in [0.1, 0.15) is 13.3 Å². The van der Waals surface area contributed by atoms with Crippen LogP contribution in [0, 0.1) is 23.7 Å². The van der Waals surface area contributed by atoms with Crippen LogP contribution in [0.15, 0.2) is 55.1 Å². The predicted octanol–water partition coefficient (Wildman–Crippen LogP) is 2.73. The molecule has 1 saturated carbocycles. The summed E-state index contributed by atoms with van der Waals surface area (Å²) < 4.78 is 4.90. The molecule has 25 heavy (non-hydrogen) atoms. The Hall–Kier alpha value is -2.69. The maximum atomic E-state index is 13.0. The minimum Gasteiger partial charge on any atom is -0.462 e. The van der Waals surface area contributed by atoms with Crippen LogP contribution >= 0.6 is 0 Å². The topological polar surface area (TPSA) is 63.7 Å². The average molecular weight is 339 g/mol. The Morgan fingerprint density at radius 1 is 1.20 bits per heavy atom. The Labute approximate surface area is 147 Å². The molecule has 2 fully saturated rings. The summed E-state index contributed by atoms with van der Waals surface area (Å²) in [5.74, 6) is -1.50. The lowest BCUT2D eigenvalue weighted by molar-refractivity contribution is -0.139. The van der Waals surface area contributed by atoms with E-state index in [2.05, 4.69) is 6.58 Å². The molecule has 1 aromatic carbocycles. The molecule has 130 valence electrons. The van der Waals surface area contributed by atoms with E-state index in [0.717, 1.165) is 0 Å². The normalized spacial score (nSPS) is 28.4. The first-order chi connectivity index (χ1) is 12.0. The summed E-state index contributed by atoms with van der Waals surface area (Å²) in [4.78, 5) is 38.0. The Balaban J connectivity index is 1.84. The molecule has 5 nitrogen and oxygen atoms in total. The number of rotatable bonds is 5. The molecule has 1 heterocycles. The van der Waals surface area contributed by atoms with Gasteiger partial charge in [-0.2, -0.15) is 0 Å². The van der Waals surface area contributed by atoms with Crippen molar-refractivity contribution in [3.63, 3.8) is 0 Å². The number of hydrogen-bond donors (Lipinski definition) is 0. The number of esters is 1. The fourth-order valence-corrected chi connectivity index (χ4v) is 3.89. The molecule has 2 aliphatic rings. The number of ether oxygens (including phenoxy) is 1. The molecule has 1 aromatic rings. The number of benzene rings is 1. The van der Waals surface area contributed by atoms with E-state index in [1.54, 1.807) is 24.3 Å². The van der Waals surface area contributed by atoms with Crippen LogP contribution < -0.4 is 4.90 Å². The Morgan fingerprint density at radius 2 is 1.84 bits per heavy atom. The SMILES string of the molecule is C=C[C@H]1C[C@@H](/C=C\COC(C)=O)[C@H]2C(=O)N(c3ccccc3)C(=O)[C@H]21.